The molecule has 33 heavy (non-hydrogen) atoms. The summed E-state index contributed by atoms with van der Waals surface area (Å²) in [5.74, 6) is 1.79. The van der Waals surface area contributed by atoms with Crippen molar-refractivity contribution in [1.29, 1.82) is 0 Å². The number of hydrogen-bond acceptors (Lipinski definition) is 5. The molecule has 2 heterocycles. The van der Waals surface area contributed by atoms with Crippen molar-refractivity contribution in [2.24, 2.45) is 11.8 Å². The standard InChI is InChI=1S/C27H34N4O2/c1-17(2)24(32)27(33)28-16-20-11-13-31(14-12-20)26-22-10-9-18(3)15-23(22)29-25(30-26)21-8-6-5-7-19(21)4/h5-10,15,17,20,24,32H,11-14,16H2,1-4H3,(H,28,33)/t24-/m1/s1. The average molecular weight is 447 g/mol. The second-order valence-corrected chi connectivity index (χ2v) is 9.57. The van der Waals surface area contributed by atoms with Gasteiger partial charge in [-0.15, -0.1) is 0 Å². The van der Waals surface area contributed by atoms with Crippen LogP contribution in [-0.2, 0) is 4.79 Å². The van der Waals surface area contributed by atoms with E-state index in [1.165, 1.54) is 5.56 Å². The van der Waals surface area contributed by atoms with Crippen molar-refractivity contribution in [2.75, 3.05) is 24.5 Å². The SMILES string of the molecule is Cc1ccc2c(N3CCC(CNC(=O)[C@H](O)C(C)C)CC3)nc(-c3ccccc3C)nc2c1. The van der Waals surface area contributed by atoms with Gasteiger partial charge in [-0.05, 0) is 61.8 Å². The number of nitrogens with one attached hydrogen (secondary N) is 1. The quantitative estimate of drug-likeness (QED) is 0.591. The minimum Gasteiger partial charge on any atom is -0.383 e. The number of piperidine rings is 1. The zero-order chi connectivity index (χ0) is 23.5. The number of carbonyl (C=O) groups is 1. The van der Waals surface area contributed by atoms with Crippen LogP contribution in [0.25, 0.3) is 22.3 Å². The van der Waals surface area contributed by atoms with Crippen LogP contribution in [0.15, 0.2) is 42.5 Å². The van der Waals surface area contributed by atoms with Gasteiger partial charge in [-0.2, -0.15) is 0 Å². The monoisotopic (exact) mass is 446 g/mol. The van der Waals surface area contributed by atoms with E-state index in [9.17, 15) is 9.90 Å². The first-order chi connectivity index (χ1) is 15.8. The molecule has 0 bridgehead atoms. The number of aryl methyl sites for hydroxylation is 2. The zero-order valence-corrected chi connectivity index (χ0v) is 20.0. The Hall–Kier alpha value is -2.99. The maximum atomic E-state index is 12.1. The summed E-state index contributed by atoms with van der Waals surface area (Å²) in [7, 11) is 0. The molecule has 1 atom stereocenters. The second-order valence-electron chi connectivity index (χ2n) is 9.57. The van der Waals surface area contributed by atoms with Crippen LogP contribution in [0.1, 0.15) is 37.8 Å². The van der Waals surface area contributed by atoms with Gasteiger partial charge in [0.2, 0.25) is 5.91 Å². The number of aliphatic hydroxyl groups is 1. The topological polar surface area (TPSA) is 78.4 Å². The number of aromatic nitrogens is 2. The molecular formula is C27H34N4O2. The van der Waals surface area contributed by atoms with E-state index in [0.717, 1.165) is 59.6 Å². The first kappa shape index (κ1) is 23.2. The van der Waals surface area contributed by atoms with Crippen molar-refractivity contribution in [3.8, 4) is 11.4 Å². The van der Waals surface area contributed by atoms with Gasteiger partial charge in [0, 0.05) is 30.6 Å². The molecule has 3 aromatic rings. The number of benzene rings is 2. The Kier molecular flexibility index (Phi) is 6.94. The molecule has 1 aromatic heterocycles. The van der Waals surface area contributed by atoms with Crippen LogP contribution >= 0.6 is 0 Å². The first-order valence-corrected chi connectivity index (χ1v) is 11.9. The van der Waals surface area contributed by atoms with Gasteiger partial charge in [-0.3, -0.25) is 4.79 Å². The number of anilines is 1. The van der Waals surface area contributed by atoms with Crippen LogP contribution in [0.4, 0.5) is 5.82 Å². The zero-order valence-electron chi connectivity index (χ0n) is 20.0. The lowest BCUT2D eigenvalue weighted by molar-refractivity contribution is -0.131. The summed E-state index contributed by atoms with van der Waals surface area (Å²) in [4.78, 5) is 24.4. The predicted octanol–water partition coefficient (Wildman–Crippen LogP) is 4.26. The van der Waals surface area contributed by atoms with E-state index in [-0.39, 0.29) is 11.8 Å². The van der Waals surface area contributed by atoms with E-state index >= 15 is 0 Å². The van der Waals surface area contributed by atoms with Crippen LogP contribution in [0.5, 0.6) is 0 Å². The Labute approximate surface area is 196 Å². The third-order valence-electron chi connectivity index (χ3n) is 6.60. The van der Waals surface area contributed by atoms with Crippen molar-refractivity contribution in [1.82, 2.24) is 15.3 Å². The highest BCUT2D eigenvalue weighted by Gasteiger charge is 2.25. The minimum absolute atomic E-state index is 0.0797. The van der Waals surface area contributed by atoms with Gasteiger partial charge in [0.15, 0.2) is 5.82 Å². The molecule has 1 fully saturated rings. The maximum absolute atomic E-state index is 12.1. The number of aliphatic hydroxyl groups excluding tert-OH is 1. The molecule has 0 radical (unpaired) electrons. The molecule has 0 saturated carbocycles. The smallest absolute Gasteiger partial charge is 0.249 e. The van der Waals surface area contributed by atoms with Crippen LogP contribution < -0.4 is 10.2 Å². The molecule has 4 rings (SSSR count). The van der Waals surface area contributed by atoms with Crippen molar-refractivity contribution >= 4 is 22.6 Å². The Balaban J connectivity index is 1.54. The Morgan fingerprint density at radius 3 is 2.55 bits per heavy atom. The van der Waals surface area contributed by atoms with Gasteiger partial charge < -0.3 is 15.3 Å². The number of nitrogens with zero attached hydrogens (tertiary/aromatic N) is 3. The molecular weight excluding hydrogens is 412 g/mol. The van der Waals surface area contributed by atoms with E-state index in [1.54, 1.807) is 0 Å². The predicted molar refractivity (Wildman–Crippen MR) is 133 cm³/mol. The van der Waals surface area contributed by atoms with Gasteiger partial charge in [0.1, 0.15) is 11.9 Å². The molecule has 6 nitrogen and oxygen atoms in total. The van der Waals surface area contributed by atoms with E-state index in [2.05, 4.69) is 54.4 Å². The van der Waals surface area contributed by atoms with Gasteiger partial charge >= 0.3 is 0 Å². The highest BCUT2D eigenvalue weighted by molar-refractivity contribution is 5.91. The van der Waals surface area contributed by atoms with E-state index in [4.69, 9.17) is 9.97 Å². The summed E-state index contributed by atoms with van der Waals surface area (Å²) < 4.78 is 0. The van der Waals surface area contributed by atoms with Crippen molar-refractivity contribution in [2.45, 2.75) is 46.6 Å². The van der Waals surface area contributed by atoms with E-state index in [0.29, 0.717) is 12.5 Å². The average Bonchev–Trinajstić information content (AvgIpc) is 2.81. The number of carbonyl (C=O) groups excluding carboxylic acids is 1. The Morgan fingerprint density at radius 2 is 1.85 bits per heavy atom. The molecule has 0 aliphatic carbocycles. The molecule has 0 unspecified atom stereocenters. The van der Waals surface area contributed by atoms with Crippen LogP contribution in [-0.4, -0.2) is 46.7 Å². The molecule has 6 heteroatoms. The molecule has 0 spiro atoms. The maximum Gasteiger partial charge on any atom is 0.249 e. The number of rotatable bonds is 6. The van der Waals surface area contributed by atoms with Gasteiger partial charge in [0.25, 0.3) is 0 Å². The van der Waals surface area contributed by atoms with Gasteiger partial charge in [-0.1, -0.05) is 44.2 Å². The lowest BCUT2D eigenvalue weighted by Crippen LogP contribution is -2.43. The molecule has 2 aromatic carbocycles. The fraction of sp³-hybridized carbons (Fsp3) is 0.444. The van der Waals surface area contributed by atoms with Crippen molar-refractivity contribution in [3.63, 3.8) is 0 Å². The Bertz CT molecular complexity index is 1140. The molecule has 2 N–H and O–H groups in total. The minimum atomic E-state index is -0.944. The lowest BCUT2D eigenvalue weighted by atomic mass is 9.96. The third-order valence-corrected chi connectivity index (χ3v) is 6.60. The van der Waals surface area contributed by atoms with Crippen LogP contribution in [0.3, 0.4) is 0 Å². The fourth-order valence-electron chi connectivity index (χ4n) is 4.41. The van der Waals surface area contributed by atoms with E-state index < -0.39 is 6.10 Å². The summed E-state index contributed by atoms with van der Waals surface area (Å²) >= 11 is 0. The lowest BCUT2D eigenvalue weighted by Gasteiger charge is -2.34. The van der Waals surface area contributed by atoms with Crippen LogP contribution in [0, 0.1) is 25.7 Å². The first-order valence-electron chi connectivity index (χ1n) is 11.9. The van der Waals surface area contributed by atoms with E-state index in [1.807, 2.05) is 26.0 Å². The third kappa shape index (κ3) is 5.17. The second kappa shape index (κ2) is 9.87. The molecule has 1 aliphatic heterocycles. The van der Waals surface area contributed by atoms with Crippen LogP contribution in [0.2, 0.25) is 0 Å². The molecule has 1 amide bonds. The summed E-state index contributed by atoms with van der Waals surface area (Å²) in [5, 5.41) is 13.9. The molecule has 174 valence electrons. The summed E-state index contributed by atoms with van der Waals surface area (Å²) in [6, 6.07) is 14.6. The number of hydrogen-bond donors (Lipinski definition) is 2. The summed E-state index contributed by atoms with van der Waals surface area (Å²) in [5.41, 5.74) is 4.37. The molecule has 1 aliphatic rings. The van der Waals surface area contributed by atoms with Crippen molar-refractivity contribution < 1.29 is 9.90 Å². The summed E-state index contributed by atoms with van der Waals surface area (Å²) in [6.45, 7) is 10.2. The van der Waals surface area contributed by atoms with Crippen molar-refractivity contribution in [3.05, 3.63) is 53.6 Å². The highest BCUT2D eigenvalue weighted by Crippen LogP contribution is 2.31. The van der Waals surface area contributed by atoms with Gasteiger partial charge in [-0.25, -0.2) is 9.97 Å². The Morgan fingerprint density at radius 1 is 1.12 bits per heavy atom. The number of amides is 1. The van der Waals surface area contributed by atoms with Gasteiger partial charge in [0.05, 0.1) is 5.52 Å². The highest BCUT2D eigenvalue weighted by atomic mass is 16.3. The summed E-state index contributed by atoms with van der Waals surface area (Å²) in [6.07, 6.45) is 0.991. The fourth-order valence-corrected chi connectivity index (χ4v) is 4.41. The number of fused-ring (bicyclic) bond motifs is 1. The molecule has 1 saturated heterocycles. The normalized spacial score (nSPS) is 15.8. The largest absolute Gasteiger partial charge is 0.383 e.